The molecule has 4 rings (SSSR count). The molecule has 0 atom stereocenters. The highest BCUT2D eigenvalue weighted by Crippen LogP contribution is 2.26. The first-order valence-electron chi connectivity index (χ1n) is 10.3. The van der Waals surface area contributed by atoms with Gasteiger partial charge in [-0.1, -0.05) is 46.7 Å². The number of anilines is 3. The van der Waals surface area contributed by atoms with Gasteiger partial charge in [-0.05, 0) is 44.2 Å². The van der Waals surface area contributed by atoms with E-state index in [9.17, 15) is 9.59 Å². The summed E-state index contributed by atoms with van der Waals surface area (Å²) in [7, 11) is 0. The Balaban J connectivity index is 1.35. The number of carbonyl (C=O) groups is 2. The van der Waals surface area contributed by atoms with Gasteiger partial charge in [0.2, 0.25) is 0 Å². The fourth-order valence-electron chi connectivity index (χ4n) is 3.53. The lowest BCUT2D eigenvalue weighted by molar-refractivity contribution is 0.0750. The first kappa shape index (κ1) is 22.1. The maximum absolute atomic E-state index is 13.1. The number of benzene rings is 2. The van der Waals surface area contributed by atoms with Crippen molar-refractivity contribution in [2.24, 2.45) is 0 Å². The Morgan fingerprint density at radius 2 is 1.72 bits per heavy atom. The molecule has 2 aromatic carbocycles. The molecule has 1 aromatic heterocycles. The molecule has 0 aliphatic carbocycles. The summed E-state index contributed by atoms with van der Waals surface area (Å²) in [6, 6.07) is 14.9. The number of aromatic nitrogens is 1. The number of hydrogen-bond donors (Lipinski definition) is 2. The van der Waals surface area contributed by atoms with E-state index in [1.807, 2.05) is 60.4 Å². The van der Waals surface area contributed by atoms with E-state index in [2.05, 4.69) is 20.5 Å². The van der Waals surface area contributed by atoms with E-state index >= 15 is 0 Å². The van der Waals surface area contributed by atoms with Gasteiger partial charge in [-0.15, -0.1) is 0 Å². The summed E-state index contributed by atoms with van der Waals surface area (Å²) in [6.07, 6.45) is 0. The highest BCUT2D eigenvalue weighted by molar-refractivity contribution is 7.17. The first-order chi connectivity index (χ1) is 15.4. The predicted molar refractivity (Wildman–Crippen MR) is 130 cm³/mol. The third-order valence-corrected chi connectivity index (χ3v) is 6.56. The van der Waals surface area contributed by atoms with Gasteiger partial charge in [-0.25, -0.2) is 9.78 Å². The fraction of sp³-hybridized carbons (Fsp3) is 0.261. The SMILES string of the molecule is Cc1ccc(NC(=O)Nc2nc(C)c(C(=O)N3CCN(c4cccc(Cl)c4)CC3)s2)cc1. The van der Waals surface area contributed by atoms with Crippen molar-refractivity contribution >= 4 is 51.4 Å². The average Bonchev–Trinajstić information content (AvgIpc) is 3.14. The standard InChI is InChI=1S/C23H24ClN5O2S/c1-15-6-8-18(9-7-15)26-22(31)27-23-25-16(2)20(32-23)21(30)29-12-10-28(11-13-29)19-5-3-4-17(24)14-19/h3-9,14H,10-13H2,1-2H3,(H2,25,26,27,31). The molecule has 9 heteroatoms. The van der Waals surface area contributed by atoms with Crippen LogP contribution in [0.25, 0.3) is 0 Å². The number of nitrogens with one attached hydrogen (secondary N) is 2. The molecular formula is C23H24ClN5O2S. The Hall–Kier alpha value is -3.10. The number of piperazine rings is 1. The zero-order chi connectivity index (χ0) is 22.7. The summed E-state index contributed by atoms with van der Waals surface area (Å²) in [5.74, 6) is -0.0577. The van der Waals surface area contributed by atoms with Crippen LogP contribution in [0.4, 0.5) is 21.3 Å². The van der Waals surface area contributed by atoms with E-state index in [4.69, 9.17) is 11.6 Å². The molecule has 3 amide bonds. The maximum atomic E-state index is 13.1. The summed E-state index contributed by atoms with van der Waals surface area (Å²) in [6.45, 7) is 6.45. The van der Waals surface area contributed by atoms with Gasteiger partial charge in [0.15, 0.2) is 5.13 Å². The van der Waals surface area contributed by atoms with E-state index < -0.39 is 6.03 Å². The highest BCUT2D eigenvalue weighted by Gasteiger charge is 2.26. The smallest absolute Gasteiger partial charge is 0.325 e. The molecule has 0 spiro atoms. The van der Waals surface area contributed by atoms with Gasteiger partial charge in [-0.3, -0.25) is 10.1 Å². The number of aryl methyl sites for hydroxylation is 2. The van der Waals surface area contributed by atoms with Crippen molar-refractivity contribution in [3.63, 3.8) is 0 Å². The van der Waals surface area contributed by atoms with E-state index in [1.165, 1.54) is 11.3 Å². The van der Waals surface area contributed by atoms with Crippen LogP contribution in [0.3, 0.4) is 0 Å². The Morgan fingerprint density at radius 1 is 1.00 bits per heavy atom. The second kappa shape index (κ2) is 9.58. The van der Waals surface area contributed by atoms with Crippen LogP contribution in [0.5, 0.6) is 0 Å². The molecule has 0 bridgehead atoms. The minimum Gasteiger partial charge on any atom is -0.368 e. The van der Waals surface area contributed by atoms with Gasteiger partial charge in [0.1, 0.15) is 4.88 Å². The summed E-state index contributed by atoms with van der Waals surface area (Å²) in [5.41, 5.74) is 3.48. The number of rotatable bonds is 4. The van der Waals surface area contributed by atoms with Gasteiger partial charge in [0, 0.05) is 42.6 Å². The number of nitrogens with zero attached hydrogens (tertiary/aromatic N) is 3. The number of amides is 3. The van der Waals surface area contributed by atoms with Gasteiger partial charge in [0.25, 0.3) is 5.91 Å². The lowest BCUT2D eigenvalue weighted by Gasteiger charge is -2.36. The van der Waals surface area contributed by atoms with Crippen molar-refractivity contribution in [3.05, 3.63) is 69.7 Å². The Morgan fingerprint density at radius 3 is 2.41 bits per heavy atom. The van der Waals surface area contributed by atoms with Crippen LogP contribution in [0.1, 0.15) is 20.9 Å². The van der Waals surface area contributed by atoms with Gasteiger partial charge in [-0.2, -0.15) is 0 Å². The third-order valence-electron chi connectivity index (χ3n) is 5.26. The predicted octanol–water partition coefficient (Wildman–Crippen LogP) is 5.02. The topological polar surface area (TPSA) is 77.6 Å². The van der Waals surface area contributed by atoms with Crippen molar-refractivity contribution in [2.75, 3.05) is 41.7 Å². The molecule has 1 aliphatic rings. The maximum Gasteiger partial charge on any atom is 0.325 e. The molecule has 1 fully saturated rings. The quantitative estimate of drug-likeness (QED) is 0.562. The summed E-state index contributed by atoms with van der Waals surface area (Å²) in [4.78, 5) is 34.3. The molecule has 166 valence electrons. The third kappa shape index (κ3) is 5.20. The van der Waals surface area contributed by atoms with Gasteiger partial charge in [0.05, 0.1) is 5.69 Å². The molecule has 0 saturated carbocycles. The van der Waals surface area contributed by atoms with Crippen LogP contribution in [-0.2, 0) is 0 Å². The average molecular weight is 470 g/mol. The monoisotopic (exact) mass is 469 g/mol. The number of hydrogen-bond acceptors (Lipinski definition) is 5. The molecule has 0 unspecified atom stereocenters. The van der Waals surface area contributed by atoms with Crippen molar-refractivity contribution < 1.29 is 9.59 Å². The van der Waals surface area contributed by atoms with Gasteiger partial charge >= 0.3 is 6.03 Å². The molecule has 7 nitrogen and oxygen atoms in total. The molecule has 32 heavy (non-hydrogen) atoms. The van der Waals surface area contributed by atoms with Crippen LogP contribution < -0.4 is 15.5 Å². The zero-order valence-electron chi connectivity index (χ0n) is 17.9. The van der Waals surface area contributed by atoms with Crippen LogP contribution in [0, 0.1) is 13.8 Å². The second-order valence-corrected chi connectivity index (χ2v) is 9.07. The summed E-state index contributed by atoms with van der Waals surface area (Å²) >= 11 is 7.30. The van der Waals surface area contributed by atoms with Crippen molar-refractivity contribution in [1.29, 1.82) is 0 Å². The molecule has 1 saturated heterocycles. The summed E-state index contributed by atoms with van der Waals surface area (Å²) in [5, 5.41) is 6.59. The van der Waals surface area contributed by atoms with Crippen LogP contribution in [0.2, 0.25) is 5.02 Å². The molecule has 2 heterocycles. The molecular weight excluding hydrogens is 446 g/mol. The number of urea groups is 1. The van der Waals surface area contributed by atoms with Crippen LogP contribution in [-0.4, -0.2) is 48.0 Å². The fourth-order valence-corrected chi connectivity index (χ4v) is 4.64. The molecule has 3 aromatic rings. The number of halogens is 1. The Bertz CT molecular complexity index is 1120. The number of carbonyl (C=O) groups excluding carboxylic acids is 2. The molecule has 1 aliphatic heterocycles. The molecule has 0 radical (unpaired) electrons. The largest absolute Gasteiger partial charge is 0.368 e. The van der Waals surface area contributed by atoms with Crippen LogP contribution >= 0.6 is 22.9 Å². The van der Waals surface area contributed by atoms with Gasteiger partial charge < -0.3 is 15.1 Å². The first-order valence-corrected chi connectivity index (χ1v) is 11.5. The van der Waals surface area contributed by atoms with Crippen molar-refractivity contribution in [1.82, 2.24) is 9.88 Å². The van der Waals surface area contributed by atoms with Crippen molar-refractivity contribution in [2.45, 2.75) is 13.8 Å². The number of thiazole rings is 1. The Kier molecular flexibility index (Phi) is 6.62. The lowest BCUT2D eigenvalue weighted by Crippen LogP contribution is -2.48. The Labute approximate surface area is 196 Å². The highest BCUT2D eigenvalue weighted by atomic mass is 35.5. The van der Waals surface area contributed by atoms with E-state index in [0.717, 1.165) is 24.3 Å². The van der Waals surface area contributed by atoms with E-state index in [0.29, 0.717) is 39.5 Å². The lowest BCUT2D eigenvalue weighted by atomic mass is 10.2. The zero-order valence-corrected chi connectivity index (χ0v) is 19.5. The second-order valence-electron chi connectivity index (χ2n) is 7.64. The normalized spacial score (nSPS) is 13.7. The van der Waals surface area contributed by atoms with Crippen LogP contribution in [0.15, 0.2) is 48.5 Å². The minimum atomic E-state index is -0.392. The van der Waals surface area contributed by atoms with E-state index in [1.54, 1.807) is 6.92 Å². The van der Waals surface area contributed by atoms with E-state index in [-0.39, 0.29) is 5.91 Å². The summed E-state index contributed by atoms with van der Waals surface area (Å²) < 4.78 is 0. The van der Waals surface area contributed by atoms with Crippen molar-refractivity contribution in [3.8, 4) is 0 Å². The molecule has 2 N–H and O–H groups in total. The minimum absolute atomic E-state index is 0.0577.